The molecule has 2 aromatic rings. The molecule has 0 aliphatic carbocycles. The Labute approximate surface area is 158 Å². The number of hydrogen-bond acceptors (Lipinski definition) is 4. The number of hydrogen-bond donors (Lipinski definition) is 0. The molecule has 1 aliphatic rings. The summed E-state index contributed by atoms with van der Waals surface area (Å²) in [4.78, 5) is 45.5. The average Bonchev–Trinajstić information content (AvgIpc) is 2.74. The summed E-state index contributed by atoms with van der Waals surface area (Å²) in [6.07, 6.45) is 3.75. The minimum Gasteiger partial charge on any atom is -0.342 e. The summed E-state index contributed by atoms with van der Waals surface area (Å²) in [5, 5.41) is 0. The molecule has 0 atom stereocenters. The van der Waals surface area contributed by atoms with Crippen LogP contribution in [0, 0.1) is 0 Å². The molecule has 0 N–H and O–H groups in total. The largest absolute Gasteiger partial charge is 0.342 e. The molecule has 1 aliphatic heterocycles. The molecular formula is C20H22N4O3. The fourth-order valence-corrected chi connectivity index (χ4v) is 3.09. The number of para-hydroxylation sites is 1. The molecule has 0 spiro atoms. The monoisotopic (exact) mass is 366 g/mol. The van der Waals surface area contributed by atoms with Gasteiger partial charge in [-0.15, -0.1) is 0 Å². The Morgan fingerprint density at radius 2 is 1.74 bits per heavy atom. The molecule has 0 bridgehead atoms. The molecule has 1 saturated heterocycles. The van der Waals surface area contributed by atoms with Crippen LogP contribution >= 0.6 is 0 Å². The summed E-state index contributed by atoms with van der Waals surface area (Å²) < 4.78 is 0. The molecule has 0 saturated carbocycles. The first-order valence-corrected chi connectivity index (χ1v) is 8.94. The van der Waals surface area contributed by atoms with Crippen LogP contribution in [-0.2, 0) is 4.79 Å². The zero-order valence-electron chi connectivity index (χ0n) is 15.2. The van der Waals surface area contributed by atoms with Crippen molar-refractivity contribution in [2.45, 2.75) is 6.92 Å². The third-order valence-corrected chi connectivity index (χ3v) is 4.61. The molecule has 1 aromatic heterocycles. The van der Waals surface area contributed by atoms with Crippen LogP contribution < -0.4 is 4.90 Å². The van der Waals surface area contributed by atoms with Crippen LogP contribution in [0.1, 0.15) is 27.6 Å². The van der Waals surface area contributed by atoms with Gasteiger partial charge in [0.25, 0.3) is 11.8 Å². The van der Waals surface area contributed by atoms with E-state index in [1.54, 1.807) is 20.8 Å². The van der Waals surface area contributed by atoms with Gasteiger partial charge in [-0.25, -0.2) is 0 Å². The number of amides is 3. The van der Waals surface area contributed by atoms with Gasteiger partial charge in [-0.05, 0) is 25.1 Å². The van der Waals surface area contributed by atoms with Crippen LogP contribution in [0.15, 0.2) is 48.8 Å². The summed E-state index contributed by atoms with van der Waals surface area (Å²) in [5.74, 6) is -0.373. The minimum absolute atomic E-state index is 0.176. The van der Waals surface area contributed by atoms with Crippen molar-refractivity contribution in [3.8, 4) is 0 Å². The van der Waals surface area contributed by atoms with E-state index in [4.69, 9.17) is 0 Å². The molecule has 0 unspecified atom stereocenters. The van der Waals surface area contributed by atoms with Crippen LogP contribution in [0.2, 0.25) is 0 Å². The van der Waals surface area contributed by atoms with Crippen molar-refractivity contribution < 1.29 is 14.4 Å². The first-order valence-electron chi connectivity index (χ1n) is 8.94. The van der Waals surface area contributed by atoms with E-state index in [-0.39, 0.29) is 11.8 Å². The maximum atomic E-state index is 12.9. The fraction of sp³-hybridized carbons (Fsp3) is 0.300. The Morgan fingerprint density at radius 3 is 2.37 bits per heavy atom. The number of carbonyl (C=O) groups is 3. The standard InChI is InChI=1S/C20H22N4O3/c1-2-24(18-6-4-3-5-7-18)20(27)17-12-16(13-21-14-17)19(26)23-10-8-22(15-25)9-11-23/h3-7,12-15H,2,8-11H2,1H3. The van der Waals surface area contributed by atoms with E-state index in [0.717, 1.165) is 12.1 Å². The van der Waals surface area contributed by atoms with Crippen LogP contribution in [-0.4, -0.2) is 65.7 Å². The van der Waals surface area contributed by atoms with Crippen molar-refractivity contribution in [1.82, 2.24) is 14.8 Å². The van der Waals surface area contributed by atoms with Crippen molar-refractivity contribution in [3.63, 3.8) is 0 Å². The van der Waals surface area contributed by atoms with Crippen LogP contribution in [0.3, 0.4) is 0 Å². The molecule has 140 valence electrons. The molecule has 0 radical (unpaired) electrons. The summed E-state index contributed by atoms with van der Waals surface area (Å²) in [5.41, 5.74) is 1.55. The zero-order chi connectivity index (χ0) is 19.2. The molecule has 7 nitrogen and oxygen atoms in total. The normalized spacial score (nSPS) is 14.0. The molecule has 2 heterocycles. The van der Waals surface area contributed by atoms with Crippen molar-refractivity contribution in [2.24, 2.45) is 0 Å². The van der Waals surface area contributed by atoms with E-state index in [9.17, 15) is 14.4 Å². The fourth-order valence-electron chi connectivity index (χ4n) is 3.09. The van der Waals surface area contributed by atoms with Gasteiger partial charge in [-0.1, -0.05) is 18.2 Å². The van der Waals surface area contributed by atoms with Gasteiger partial charge in [-0.2, -0.15) is 0 Å². The molecule has 1 fully saturated rings. The van der Waals surface area contributed by atoms with Gasteiger partial charge in [0, 0.05) is 50.8 Å². The van der Waals surface area contributed by atoms with E-state index >= 15 is 0 Å². The molecule has 27 heavy (non-hydrogen) atoms. The van der Waals surface area contributed by atoms with E-state index in [0.29, 0.717) is 43.9 Å². The van der Waals surface area contributed by atoms with Crippen molar-refractivity contribution >= 4 is 23.9 Å². The predicted molar refractivity (Wildman–Crippen MR) is 102 cm³/mol. The Hall–Kier alpha value is -3.22. The van der Waals surface area contributed by atoms with E-state index < -0.39 is 0 Å². The van der Waals surface area contributed by atoms with Gasteiger partial charge < -0.3 is 14.7 Å². The third kappa shape index (κ3) is 4.13. The summed E-state index contributed by atoms with van der Waals surface area (Å²) in [7, 11) is 0. The number of carbonyl (C=O) groups excluding carboxylic acids is 3. The number of aromatic nitrogens is 1. The van der Waals surface area contributed by atoms with Crippen LogP contribution in [0.5, 0.6) is 0 Å². The highest BCUT2D eigenvalue weighted by atomic mass is 16.2. The van der Waals surface area contributed by atoms with E-state index in [1.165, 1.54) is 12.4 Å². The zero-order valence-corrected chi connectivity index (χ0v) is 15.2. The first-order chi connectivity index (χ1) is 13.1. The Balaban J connectivity index is 1.77. The lowest BCUT2D eigenvalue weighted by atomic mass is 10.1. The SMILES string of the molecule is CCN(C(=O)c1cncc(C(=O)N2CCN(C=O)CC2)c1)c1ccccc1. The van der Waals surface area contributed by atoms with Crippen molar-refractivity contribution in [2.75, 3.05) is 37.6 Å². The lowest BCUT2D eigenvalue weighted by Gasteiger charge is -2.32. The second-order valence-corrected chi connectivity index (χ2v) is 6.28. The Morgan fingerprint density at radius 1 is 1.07 bits per heavy atom. The lowest BCUT2D eigenvalue weighted by Crippen LogP contribution is -2.48. The second kappa shape index (κ2) is 8.44. The quantitative estimate of drug-likeness (QED) is 0.755. The average molecular weight is 366 g/mol. The van der Waals surface area contributed by atoms with E-state index in [2.05, 4.69) is 4.98 Å². The molecular weight excluding hydrogens is 344 g/mol. The highest BCUT2D eigenvalue weighted by Gasteiger charge is 2.23. The van der Waals surface area contributed by atoms with Gasteiger partial charge >= 0.3 is 0 Å². The van der Waals surface area contributed by atoms with Gasteiger partial charge in [0.1, 0.15) is 0 Å². The third-order valence-electron chi connectivity index (χ3n) is 4.61. The highest BCUT2D eigenvalue weighted by Crippen LogP contribution is 2.17. The van der Waals surface area contributed by atoms with Gasteiger partial charge in [0.15, 0.2) is 0 Å². The number of nitrogens with zero attached hydrogens (tertiary/aromatic N) is 4. The topological polar surface area (TPSA) is 73.8 Å². The molecule has 7 heteroatoms. The summed E-state index contributed by atoms with van der Waals surface area (Å²) in [6.45, 7) is 4.38. The van der Waals surface area contributed by atoms with Crippen molar-refractivity contribution in [1.29, 1.82) is 0 Å². The van der Waals surface area contributed by atoms with Crippen LogP contribution in [0.25, 0.3) is 0 Å². The predicted octanol–water partition coefficient (Wildman–Crippen LogP) is 1.66. The van der Waals surface area contributed by atoms with Gasteiger partial charge in [0.05, 0.1) is 11.1 Å². The first kappa shape index (κ1) is 18.6. The summed E-state index contributed by atoms with van der Waals surface area (Å²) >= 11 is 0. The second-order valence-electron chi connectivity index (χ2n) is 6.28. The highest BCUT2D eigenvalue weighted by molar-refractivity contribution is 6.07. The maximum absolute atomic E-state index is 12.9. The molecule has 3 rings (SSSR count). The minimum atomic E-state index is -0.198. The number of benzene rings is 1. The maximum Gasteiger partial charge on any atom is 0.259 e. The number of anilines is 1. The number of rotatable bonds is 5. The van der Waals surface area contributed by atoms with Crippen molar-refractivity contribution in [3.05, 3.63) is 59.9 Å². The Kier molecular flexibility index (Phi) is 5.80. The smallest absolute Gasteiger partial charge is 0.259 e. The van der Waals surface area contributed by atoms with Gasteiger partial charge in [-0.3, -0.25) is 19.4 Å². The lowest BCUT2D eigenvalue weighted by molar-refractivity contribution is -0.119. The molecule has 1 aromatic carbocycles. The van der Waals surface area contributed by atoms with Crippen LogP contribution in [0.4, 0.5) is 5.69 Å². The Bertz CT molecular complexity index is 817. The number of piperazine rings is 1. The number of pyridine rings is 1. The summed E-state index contributed by atoms with van der Waals surface area (Å²) in [6, 6.07) is 11.0. The molecule has 3 amide bonds. The van der Waals surface area contributed by atoms with Gasteiger partial charge in [0.2, 0.25) is 6.41 Å². The van der Waals surface area contributed by atoms with E-state index in [1.807, 2.05) is 37.3 Å².